The second-order valence-corrected chi connectivity index (χ2v) is 7.37. The van der Waals surface area contributed by atoms with Crippen LogP contribution >= 0.6 is 34.8 Å². The van der Waals surface area contributed by atoms with Crippen molar-refractivity contribution in [1.82, 2.24) is 0 Å². The first-order valence-electron chi connectivity index (χ1n) is 6.80. The van der Waals surface area contributed by atoms with Crippen LogP contribution in [0.3, 0.4) is 0 Å². The molecule has 0 aromatic heterocycles. The highest BCUT2D eigenvalue weighted by Crippen LogP contribution is 2.35. The second-order valence-electron chi connectivity index (χ2n) is 5.09. The van der Waals surface area contributed by atoms with Gasteiger partial charge in [-0.15, -0.1) is 0 Å². The summed E-state index contributed by atoms with van der Waals surface area (Å²) >= 11 is 17.6. The number of carbonyl (C=O) groups is 1. The summed E-state index contributed by atoms with van der Waals surface area (Å²) in [5.41, 5.74) is 1.07. The monoisotopic (exact) mass is 363 g/mol. The maximum atomic E-state index is 11.2. The standard InChI is InChI=1S/C15H16Cl3NO3/c1-9(21-10(2)20)13-12(8-11-6-4-3-5-7-11)19-14(22-13)15(16,17)18/h3-7,9,12-13H,8H2,1-2H3/t9-,12+,13+/m0/s1. The smallest absolute Gasteiger partial charge is 0.303 e. The Bertz CT molecular complexity index is 557. The van der Waals surface area contributed by atoms with Gasteiger partial charge in [-0.2, -0.15) is 0 Å². The van der Waals surface area contributed by atoms with Crippen LogP contribution in [0.1, 0.15) is 19.4 Å². The number of hydrogen-bond acceptors (Lipinski definition) is 4. The molecule has 2 rings (SSSR count). The summed E-state index contributed by atoms with van der Waals surface area (Å²) in [7, 11) is 0. The lowest BCUT2D eigenvalue weighted by atomic mass is 9.99. The lowest BCUT2D eigenvalue weighted by Gasteiger charge is -2.24. The Balaban J connectivity index is 2.19. The van der Waals surface area contributed by atoms with E-state index in [1.54, 1.807) is 6.92 Å². The van der Waals surface area contributed by atoms with Crippen molar-refractivity contribution in [3.8, 4) is 0 Å². The zero-order valence-electron chi connectivity index (χ0n) is 12.1. The fraction of sp³-hybridized carbons (Fsp3) is 0.467. The van der Waals surface area contributed by atoms with Crippen LogP contribution in [0.4, 0.5) is 0 Å². The maximum absolute atomic E-state index is 11.2. The SMILES string of the molecule is CC(=O)O[C@@H](C)[C@H]1OC(C(Cl)(Cl)Cl)=N[C@@H]1Cc1ccccc1. The Labute approximate surface area is 144 Å². The van der Waals surface area contributed by atoms with Crippen LogP contribution in [-0.4, -0.2) is 33.9 Å². The molecule has 0 saturated carbocycles. The maximum Gasteiger partial charge on any atom is 0.303 e. The normalized spacial score (nSPS) is 22.7. The van der Waals surface area contributed by atoms with Gasteiger partial charge in [0.05, 0.1) is 6.04 Å². The minimum absolute atomic E-state index is 0.0300. The Kier molecular flexibility index (Phi) is 5.59. The summed E-state index contributed by atoms with van der Waals surface area (Å²) in [6, 6.07) is 9.49. The largest absolute Gasteiger partial charge is 0.468 e. The van der Waals surface area contributed by atoms with Crippen molar-refractivity contribution >= 4 is 46.7 Å². The number of alkyl halides is 3. The van der Waals surface area contributed by atoms with Gasteiger partial charge in [0, 0.05) is 6.92 Å². The van der Waals surface area contributed by atoms with E-state index in [9.17, 15) is 4.79 Å². The molecule has 1 aromatic rings. The molecule has 1 heterocycles. The predicted octanol–water partition coefficient (Wildman–Crippen LogP) is 3.72. The number of nitrogens with zero attached hydrogens (tertiary/aromatic N) is 1. The van der Waals surface area contributed by atoms with Crippen LogP contribution < -0.4 is 0 Å². The van der Waals surface area contributed by atoms with Gasteiger partial charge in [-0.25, -0.2) is 4.99 Å². The first-order chi connectivity index (χ1) is 10.3. The summed E-state index contributed by atoms with van der Waals surface area (Å²) in [5, 5.41) is 0. The topological polar surface area (TPSA) is 47.9 Å². The molecular formula is C15H16Cl3NO3. The van der Waals surface area contributed by atoms with Crippen LogP contribution in [0.2, 0.25) is 0 Å². The summed E-state index contributed by atoms with van der Waals surface area (Å²) in [5.74, 6) is -0.362. The van der Waals surface area contributed by atoms with Crippen molar-refractivity contribution in [3.63, 3.8) is 0 Å². The molecule has 0 spiro atoms. The molecule has 4 nitrogen and oxygen atoms in total. The molecule has 1 aromatic carbocycles. The van der Waals surface area contributed by atoms with E-state index < -0.39 is 22.0 Å². The molecule has 120 valence electrons. The molecule has 0 amide bonds. The Morgan fingerprint density at radius 2 is 2.00 bits per heavy atom. The Morgan fingerprint density at radius 3 is 2.55 bits per heavy atom. The van der Waals surface area contributed by atoms with E-state index in [-0.39, 0.29) is 11.9 Å². The van der Waals surface area contributed by atoms with Gasteiger partial charge in [0.1, 0.15) is 6.10 Å². The van der Waals surface area contributed by atoms with Crippen molar-refractivity contribution in [3.05, 3.63) is 35.9 Å². The van der Waals surface area contributed by atoms with Crippen molar-refractivity contribution in [2.75, 3.05) is 0 Å². The molecule has 22 heavy (non-hydrogen) atoms. The van der Waals surface area contributed by atoms with Gasteiger partial charge >= 0.3 is 5.97 Å². The third kappa shape index (κ3) is 4.51. The first-order valence-corrected chi connectivity index (χ1v) is 7.93. The van der Waals surface area contributed by atoms with Crippen LogP contribution in [0.25, 0.3) is 0 Å². The van der Waals surface area contributed by atoms with Crippen molar-refractivity contribution in [2.45, 2.75) is 42.3 Å². The van der Waals surface area contributed by atoms with Gasteiger partial charge in [-0.1, -0.05) is 65.1 Å². The fourth-order valence-electron chi connectivity index (χ4n) is 2.36. The lowest BCUT2D eigenvalue weighted by Crippen LogP contribution is -2.38. The Hall–Kier alpha value is -0.970. The molecule has 0 aliphatic carbocycles. The molecule has 0 N–H and O–H groups in total. The average molecular weight is 365 g/mol. The summed E-state index contributed by atoms with van der Waals surface area (Å²) in [6.07, 6.45) is -0.393. The number of esters is 1. The predicted molar refractivity (Wildman–Crippen MR) is 87.8 cm³/mol. The van der Waals surface area contributed by atoms with Gasteiger partial charge in [0.2, 0.25) is 5.90 Å². The molecular weight excluding hydrogens is 349 g/mol. The van der Waals surface area contributed by atoms with E-state index in [4.69, 9.17) is 44.3 Å². The molecule has 1 aliphatic rings. The minimum Gasteiger partial charge on any atom is -0.468 e. The third-order valence-corrected chi connectivity index (χ3v) is 3.74. The third-order valence-electron chi connectivity index (χ3n) is 3.25. The number of ether oxygens (including phenoxy) is 2. The van der Waals surface area contributed by atoms with E-state index in [0.29, 0.717) is 6.42 Å². The molecule has 0 unspecified atom stereocenters. The van der Waals surface area contributed by atoms with Gasteiger partial charge in [0.25, 0.3) is 3.79 Å². The highest BCUT2D eigenvalue weighted by Gasteiger charge is 2.43. The summed E-state index contributed by atoms with van der Waals surface area (Å²) < 4.78 is 9.11. The molecule has 0 saturated heterocycles. The van der Waals surface area contributed by atoms with Crippen LogP contribution in [0.15, 0.2) is 35.3 Å². The van der Waals surface area contributed by atoms with E-state index in [1.165, 1.54) is 6.92 Å². The number of hydrogen-bond donors (Lipinski definition) is 0. The molecule has 0 fully saturated rings. The van der Waals surface area contributed by atoms with Gasteiger partial charge in [-0.3, -0.25) is 4.79 Å². The first kappa shape index (κ1) is 17.4. The number of halogens is 3. The highest BCUT2D eigenvalue weighted by molar-refractivity contribution is 6.76. The molecule has 7 heteroatoms. The van der Waals surface area contributed by atoms with E-state index >= 15 is 0 Å². The van der Waals surface area contributed by atoms with E-state index in [2.05, 4.69) is 4.99 Å². The van der Waals surface area contributed by atoms with Crippen LogP contribution in [0.5, 0.6) is 0 Å². The number of carbonyl (C=O) groups excluding carboxylic acids is 1. The number of rotatable bonds is 4. The van der Waals surface area contributed by atoms with E-state index in [0.717, 1.165) is 5.56 Å². The van der Waals surface area contributed by atoms with Crippen LogP contribution in [0, 0.1) is 0 Å². The van der Waals surface area contributed by atoms with Gasteiger partial charge in [-0.05, 0) is 18.9 Å². The Morgan fingerprint density at radius 1 is 1.36 bits per heavy atom. The summed E-state index contributed by atoms with van der Waals surface area (Å²) in [6.45, 7) is 3.08. The average Bonchev–Trinajstić information content (AvgIpc) is 2.83. The van der Waals surface area contributed by atoms with Gasteiger partial charge < -0.3 is 9.47 Å². The minimum atomic E-state index is -1.74. The van der Waals surface area contributed by atoms with Gasteiger partial charge in [0.15, 0.2) is 6.10 Å². The second kappa shape index (κ2) is 7.07. The molecule has 3 atom stereocenters. The highest BCUT2D eigenvalue weighted by atomic mass is 35.6. The van der Waals surface area contributed by atoms with Crippen molar-refractivity contribution in [1.29, 1.82) is 0 Å². The fourth-order valence-corrected chi connectivity index (χ4v) is 2.64. The molecule has 0 radical (unpaired) electrons. The summed E-state index contributed by atoms with van der Waals surface area (Å²) in [4.78, 5) is 15.5. The van der Waals surface area contributed by atoms with Crippen molar-refractivity contribution in [2.24, 2.45) is 4.99 Å². The van der Waals surface area contributed by atoms with Crippen LogP contribution in [-0.2, 0) is 20.7 Å². The lowest BCUT2D eigenvalue weighted by molar-refractivity contribution is -0.150. The molecule has 0 bridgehead atoms. The quantitative estimate of drug-likeness (QED) is 0.604. The van der Waals surface area contributed by atoms with Crippen molar-refractivity contribution < 1.29 is 14.3 Å². The number of benzene rings is 1. The number of aliphatic imine (C=N–C) groups is 1. The van der Waals surface area contributed by atoms with E-state index in [1.807, 2.05) is 30.3 Å². The zero-order valence-corrected chi connectivity index (χ0v) is 14.4. The molecule has 1 aliphatic heterocycles. The zero-order chi connectivity index (χ0) is 16.3.